The van der Waals surface area contributed by atoms with Crippen LogP contribution in [0.3, 0.4) is 0 Å². The van der Waals surface area contributed by atoms with Crippen molar-refractivity contribution >= 4 is 11.6 Å². The van der Waals surface area contributed by atoms with E-state index in [4.69, 9.17) is 4.74 Å². The third-order valence-electron chi connectivity index (χ3n) is 3.88. The van der Waals surface area contributed by atoms with Gasteiger partial charge in [0.2, 0.25) is 5.91 Å². The summed E-state index contributed by atoms with van der Waals surface area (Å²) in [6.07, 6.45) is 2.97. The molecule has 0 saturated heterocycles. The number of hydrogen-bond acceptors (Lipinski definition) is 4. The molecule has 1 atom stereocenters. The first-order chi connectivity index (χ1) is 11.7. The van der Waals surface area contributed by atoms with E-state index in [1.54, 1.807) is 7.11 Å². The quantitative estimate of drug-likeness (QED) is 0.756. The monoisotopic (exact) mass is 324 g/mol. The maximum absolute atomic E-state index is 12.2. The molecular formula is C18H20N4O2. The van der Waals surface area contributed by atoms with Crippen molar-refractivity contribution in [2.24, 2.45) is 0 Å². The van der Waals surface area contributed by atoms with E-state index in [1.165, 1.54) is 0 Å². The topological polar surface area (TPSA) is 68.5 Å². The number of aromatic nitrogens is 3. The van der Waals surface area contributed by atoms with Crippen LogP contribution in [-0.2, 0) is 11.2 Å². The molecule has 3 aromatic rings. The lowest BCUT2D eigenvalue weighted by Crippen LogP contribution is -2.28. The molecule has 6 nitrogen and oxygen atoms in total. The number of benzene rings is 1. The lowest BCUT2D eigenvalue weighted by atomic mass is 10.1. The van der Waals surface area contributed by atoms with Crippen molar-refractivity contribution in [3.8, 4) is 5.75 Å². The number of hydrogen-bond donors (Lipinski definition) is 1. The lowest BCUT2D eigenvalue weighted by molar-refractivity contribution is -0.121. The normalized spacial score (nSPS) is 12.1. The number of pyridine rings is 1. The summed E-state index contributed by atoms with van der Waals surface area (Å²) in [5.41, 5.74) is 1.84. The Kier molecular flexibility index (Phi) is 4.74. The smallest absolute Gasteiger partial charge is 0.220 e. The van der Waals surface area contributed by atoms with Crippen molar-refractivity contribution < 1.29 is 9.53 Å². The Labute approximate surface area is 140 Å². The summed E-state index contributed by atoms with van der Waals surface area (Å²) >= 11 is 0. The molecule has 0 aliphatic rings. The van der Waals surface area contributed by atoms with Gasteiger partial charge in [0.25, 0.3) is 0 Å². The van der Waals surface area contributed by atoms with Gasteiger partial charge in [-0.05, 0) is 43.2 Å². The molecule has 0 aliphatic carbocycles. The minimum absolute atomic E-state index is 0.0157. The molecule has 0 radical (unpaired) electrons. The molecule has 1 unspecified atom stereocenters. The molecule has 1 amide bonds. The molecule has 0 aliphatic heterocycles. The summed E-state index contributed by atoms with van der Waals surface area (Å²) in [5.74, 6) is 1.51. The molecule has 6 heteroatoms. The molecular weight excluding hydrogens is 304 g/mol. The second-order valence-electron chi connectivity index (χ2n) is 5.63. The van der Waals surface area contributed by atoms with Gasteiger partial charge in [-0.1, -0.05) is 18.2 Å². The molecule has 24 heavy (non-hydrogen) atoms. The zero-order chi connectivity index (χ0) is 16.9. The summed E-state index contributed by atoms with van der Waals surface area (Å²) < 4.78 is 7.08. The molecule has 1 aromatic carbocycles. The van der Waals surface area contributed by atoms with Crippen LogP contribution < -0.4 is 10.1 Å². The minimum Gasteiger partial charge on any atom is -0.497 e. The van der Waals surface area contributed by atoms with Crippen molar-refractivity contribution in [3.63, 3.8) is 0 Å². The highest BCUT2D eigenvalue weighted by Gasteiger charge is 2.15. The van der Waals surface area contributed by atoms with Gasteiger partial charge in [0, 0.05) is 12.6 Å². The fourth-order valence-corrected chi connectivity index (χ4v) is 2.62. The highest BCUT2D eigenvalue weighted by Crippen LogP contribution is 2.15. The number of nitrogens with one attached hydrogen (secondary N) is 1. The molecule has 0 saturated carbocycles. The van der Waals surface area contributed by atoms with Crippen LogP contribution in [0.25, 0.3) is 5.65 Å². The highest BCUT2D eigenvalue weighted by molar-refractivity contribution is 5.76. The van der Waals surface area contributed by atoms with Gasteiger partial charge in [0.05, 0.1) is 13.2 Å². The lowest BCUT2D eigenvalue weighted by Gasteiger charge is -2.12. The molecule has 124 valence electrons. The van der Waals surface area contributed by atoms with E-state index < -0.39 is 0 Å². The van der Waals surface area contributed by atoms with E-state index >= 15 is 0 Å². The van der Waals surface area contributed by atoms with E-state index in [1.807, 2.05) is 60.0 Å². The summed E-state index contributed by atoms with van der Waals surface area (Å²) in [7, 11) is 1.64. The van der Waals surface area contributed by atoms with Crippen molar-refractivity contribution in [1.82, 2.24) is 19.9 Å². The Morgan fingerprint density at radius 1 is 1.25 bits per heavy atom. The van der Waals surface area contributed by atoms with Crippen molar-refractivity contribution in [2.75, 3.05) is 7.11 Å². The Balaban J connectivity index is 1.60. The fourth-order valence-electron chi connectivity index (χ4n) is 2.62. The van der Waals surface area contributed by atoms with Crippen molar-refractivity contribution in [1.29, 1.82) is 0 Å². The molecule has 2 aromatic heterocycles. The molecule has 0 bridgehead atoms. The number of methoxy groups -OCH3 is 1. The number of carbonyl (C=O) groups excluding carboxylic acids is 1. The first-order valence-electron chi connectivity index (χ1n) is 7.89. The van der Waals surface area contributed by atoms with Crippen LogP contribution in [0.5, 0.6) is 5.75 Å². The van der Waals surface area contributed by atoms with Gasteiger partial charge < -0.3 is 10.1 Å². The number of rotatable bonds is 6. The van der Waals surface area contributed by atoms with Crippen LogP contribution in [0.1, 0.15) is 30.8 Å². The van der Waals surface area contributed by atoms with Crippen LogP contribution in [-0.4, -0.2) is 27.6 Å². The minimum atomic E-state index is -0.208. The maximum Gasteiger partial charge on any atom is 0.220 e. The SMILES string of the molecule is COc1cccc(CCC(=O)NC(C)c2nnc3ccccn23)c1. The van der Waals surface area contributed by atoms with E-state index in [-0.39, 0.29) is 11.9 Å². The zero-order valence-corrected chi connectivity index (χ0v) is 13.8. The predicted octanol–water partition coefficient (Wildman–Crippen LogP) is 2.55. The number of aryl methyl sites for hydroxylation is 1. The van der Waals surface area contributed by atoms with E-state index in [0.29, 0.717) is 12.8 Å². The highest BCUT2D eigenvalue weighted by atomic mass is 16.5. The zero-order valence-electron chi connectivity index (χ0n) is 13.8. The first kappa shape index (κ1) is 16.0. The Hall–Kier alpha value is -2.89. The number of carbonyl (C=O) groups is 1. The third-order valence-corrected chi connectivity index (χ3v) is 3.88. The van der Waals surface area contributed by atoms with Crippen molar-refractivity contribution in [3.05, 3.63) is 60.0 Å². The van der Waals surface area contributed by atoms with Crippen LogP contribution >= 0.6 is 0 Å². The van der Waals surface area contributed by atoms with Gasteiger partial charge >= 0.3 is 0 Å². The number of amides is 1. The first-order valence-corrected chi connectivity index (χ1v) is 7.89. The van der Waals surface area contributed by atoms with E-state index in [9.17, 15) is 4.79 Å². The largest absolute Gasteiger partial charge is 0.497 e. The second kappa shape index (κ2) is 7.12. The van der Waals surface area contributed by atoms with Gasteiger partial charge in [0.1, 0.15) is 5.75 Å². The fraction of sp³-hybridized carbons (Fsp3) is 0.278. The van der Waals surface area contributed by atoms with Crippen LogP contribution in [0.15, 0.2) is 48.7 Å². The van der Waals surface area contributed by atoms with Crippen LogP contribution in [0, 0.1) is 0 Å². The van der Waals surface area contributed by atoms with Gasteiger partial charge in [-0.25, -0.2) is 0 Å². The molecule has 0 fully saturated rings. The van der Waals surface area contributed by atoms with Crippen LogP contribution in [0.2, 0.25) is 0 Å². The van der Waals surface area contributed by atoms with E-state index in [0.717, 1.165) is 22.8 Å². The third kappa shape index (κ3) is 3.53. The number of fused-ring (bicyclic) bond motifs is 1. The summed E-state index contributed by atoms with van der Waals surface area (Å²) in [6, 6.07) is 13.3. The standard InChI is InChI=1S/C18H20N4O2/c1-13(18-21-20-16-8-3-4-11-22(16)18)19-17(23)10-9-14-6-5-7-15(12-14)24-2/h3-8,11-13H,9-10H2,1-2H3,(H,19,23). The van der Waals surface area contributed by atoms with Gasteiger partial charge in [-0.3, -0.25) is 9.20 Å². The predicted molar refractivity (Wildman–Crippen MR) is 90.9 cm³/mol. The summed E-state index contributed by atoms with van der Waals surface area (Å²) in [5, 5.41) is 11.3. The average Bonchev–Trinajstić information content (AvgIpc) is 3.04. The van der Waals surface area contributed by atoms with Crippen molar-refractivity contribution in [2.45, 2.75) is 25.8 Å². The Bertz CT molecular complexity index is 844. The van der Waals surface area contributed by atoms with E-state index in [2.05, 4.69) is 15.5 Å². The Morgan fingerprint density at radius 2 is 2.12 bits per heavy atom. The summed E-state index contributed by atoms with van der Waals surface area (Å²) in [6.45, 7) is 1.91. The molecule has 0 spiro atoms. The number of nitrogens with zero attached hydrogens (tertiary/aromatic N) is 3. The molecule has 1 N–H and O–H groups in total. The molecule has 3 rings (SSSR count). The number of ether oxygens (including phenoxy) is 1. The van der Waals surface area contributed by atoms with Gasteiger partial charge in [-0.2, -0.15) is 0 Å². The second-order valence-corrected chi connectivity index (χ2v) is 5.63. The van der Waals surface area contributed by atoms with Crippen LogP contribution in [0.4, 0.5) is 0 Å². The maximum atomic E-state index is 12.2. The van der Waals surface area contributed by atoms with Gasteiger partial charge in [-0.15, -0.1) is 10.2 Å². The Morgan fingerprint density at radius 3 is 2.96 bits per heavy atom. The van der Waals surface area contributed by atoms with Gasteiger partial charge in [0.15, 0.2) is 11.5 Å². The summed E-state index contributed by atoms with van der Waals surface area (Å²) in [4.78, 5) is 12.2. The molecule has 2 heterocycles. The average molecular weight is 324 g/mol.